The van der Waals surface area contributed by atoms with Gasteiger partial charge in [0.2, 0.25) is 0 Å². The molecule has 2 fully saturated rings. The first-order valence-corrected chi connectivity index (χ1v) is 9.85. The van der Waals surface area contributed by atoms with E-state index >= 15 is 0 Å². The van der Waals surface area contributed by atoms with Crippen molar-refractivity contribution in [1.82, 2.24) is 4.90 Å². The third kappa shape index (κ3) is 3.84. The minimum atomic E-state index is -0.186. The quantitative estimate of drug-likeness (QED) is 0.603. The number of nitrogens with zero attached hydrogens (tertiary/aromatic N) is 1. The molecule has 4 rings (SSSR count). The Balaban J connectivity index is 1.19. The first-order valence-electron chi connectivity index (χ1n) is 9.85. The molecule has 3 atom stereocenters. The predicted molar refractivity (Wildman–Crippen MR) is 99.3 cm³/mol. The Kier molecular flexibility index (Phi) is 5.09. The fourth-order valence-electron chi connectivity index (χ4n) is 4.72. The third-order valence-corrected chi connectivity index (χ3v) is 6.25. The van der Waals surface area contributed by atoms with Gasteiger partial charge >= 0.3 is 5.97 Å². The zero-order chi connectivity index (χ0) is 17.9. The highest BCUT2D eigenvalue weighted by molar-refractivity contribution is 5.81. The van der Waals surface area contributed by atoms with E-state index in [9.17, 15) is 9.59 Å². The number of hydrogen-bond acceptors (Lipinski definition) is 3. The van der Waals surface area contributed by atoms with Gasteiger partial charge in [-0.25, -0.2) is 0 Å². The number of carbonyl (C=O) groups excluding carboxylic acids is 2. The Labute approximate surface area is 155 Å². The zero-order valence-electron chi connectivity index (χ0n) is 15.2. The molecule has 1 aromatic carbocycles. The summed E-state index contributed by atoms with van der Waals surface area (Å²) in [7, 11) is 0. The van der Waals surface area contributed by atoms with Crippen molar-refractivity contribution in [2.75, 3.05) is 19.7 Å². The minimum absolute atomic E-state index is 0.0330. The van der Waals surface area contributed by atoms with Gasteiger partial charge in [-0.15, -0.1) is 0 Å². The number of likely N-dealkylation sites (tertiary alicyclic amines) is 1. The molecule has 0 spiro atoms. The van der Waals surface area contributed by atoms with Gasteiger partial charge in [0.1, 0.15) is 0 Å². The summed E-state index contributed by atoms with van der Waals surface area (Å²) in [5, 5.41) is 0. The average molecular weight is 353 g/mol. The van der Waals surface area contributed by atoms with E-state index in [1.54, 1.807) is 0 Å². The van der Waals surface area contributed by atoms with Crippen LogP contribution in [0.1, 0.15) is 31.2 Å². The van der Waals surface area contributed by atoms with Crippen LogP contribution in [0.25, 0.3) is 0 Å². The summed E-state index contributed by atoms with van der Waals surface area (Å²) in [5.74, 6) is 1.23. The molecular weight excluding hydrogens is 326 g/mol. The number of allylic oxidation sites excluding steroid dienone is 2. The van der Waals surface area contributed by atoms with Gasteiger partial charge in [-0.1, -0.05) is 42.5 Å². The number of esters is 1. The van der Waals surface area contributed by atoms with Crippen LogP contribution in [0.4, 0.5) is 0 Å². The maximum absolute atomic E-state index is 12.4. The maximum Gasteiger partial charge on any atom is 0.310 e. The van der Waals surface area contributed by atoms with Gasteiger partial charge < -0.3 is 9.64 Å². The Morgan fingerprint density at radius 3 is 2.46 bits per heavy atom. The van der Waals surface area contributed by atoms with Gasteiger partial charge in [-0.05, 0) is 55.4 Å². The lowest BCUT2D eigenvalue weighted by Crippen LogP contribution is -2.41. The van der Waals surface area contributed by atoms with Crippen LogP contribution in [0.5, 0.6) is 0 Å². The lowest BCUT2D eigenvalue weighted by molar-refractivity contribution is -0.156. The van der Waals surface area contributed by atoms with Crippen molar-refractivity contribution in [3.63, 3.8) is 0 Å². The van der Waals surface area contributed by atoms with Crippen LogP contribution >= 0.6 is 0 Å². The molecule has 0 aromatic heterocycles. The topological polar surface area (TPSA) is 46.6 Å². The summed E-state index contributed by atoms with van der Waals surface area (Å²) in [6.45, 7) is 1.44. The number of amides is 1. The van der Waals surface area contributed by atoms with Gasteiger partial charge in [0.25, 0.3) is 5.91 Å². The summed E-state index contributed by atoms with van der Waals surface area (Å²) in [6, 6.07) is 10.5. The first-order chi connectivity index (χ1) is 12.7. The Morgan fingerprint density at radius 1 is 1.04 bits per heavy atom. The second-order valence-electron chi connectivity index (χ2n) is 8.01. The van der Waals surface area contributed by atoms with Crippen LogP contribution in [0.3, 0.4) is 0 Å². The van der Waals surface area contributed by atoms with Crippen molar-refractivity contribution < 1.29 is 14.3 Å². The number of ether oxygens (including phenoxy) is 1. The minimum Gasteiger partial charge on any atom is -0.455 e. The number of fused-ring (bicyclic) bond motifs is 2. The molecule has 1 saturated carbocycles. The van der Waals surface area contributed by atoms with Gasteiger partial charge in [0.05, 0.1) is 5.92 Å². The van der Waals surface area contributed by atoms with E-state index in [-0.39, 0.29) is 24.4 Å². The van der Waals surface area contributed by atoms with E-state index in [1.165, 1.54) is 5.56 Å². The van der Waals surface area contributed by atoms with E-state index < -0.39 is 0 Å². The zero-order valence-corrected chi connectivity index (χ0v) is 15.2. The van der Waals surface area contributed by atoms with Gasteiger partial charge in [0.15, 0.2) is 6.61 Å². The highest BCUT2D eigenvalue weighted by Gasteiger charge is 2.41. The highest BCUT2D eigenvalue weighted by atomic mass is 16.5. The molecular formula is C22H27NO3. The molecule has 1 amide bonds. The monoisotopic (exact) mass is 353 g/mol. The fourth-order valence-corrected chi connectivity index (χ4v) is 4.72. The molecule has 1 aromatic rings. The number of piperidine rings is 1. The Morgan fingerprint density at radius 2 is 1.81 bits per heavy atom. The van der Waals surface area contributed by atoms with Crippen molar-refractivity contribution in [3.8, 4) is 0 Å². The lowest BCUT2D eigenvalue weighted by Gasteiger charge is -2.32. The molecule has 0 N–H and O–H groups in total. The normalized spacial score (nSPS) is 27.7. The molecule has 1 heterocycles. The van der Waals surface area contributed by atoms with E-state index in [2.05, 4.69) is 36.4 Å². The van der Waals surface area contributed by atoms with Crippen LogP contribution < -0.4 is 0 Å². The van der Waals surface area contributed by atoms with Gasteiger partial charge in [-0.3, -0.25) is 9.59 Å². The summed E-state index contributed by atoms with van der Waals surface area (Å²) in [6.07, 6.45) is 9.42. The largest absolute Gasteiger partial charge is 0.455 e. The lowest BCUT2D eigenvalue weighted by atomic mass is 9.90. The van der Waals surface area contributed by atoms with Crippen LogP contribution in [0.2, 0.25) is 0 Å². The van der Waals surface area contributed by atoms with Crippen molar-refractivity contribution in [3.05, 3.63) is 48.0 Å². The Bertz CT molecular complexity index is 676. The fraction of sp³-hybridized carbons (Fsp3) is 0.545. The van der Waals surface area contributed by atoms with Crippen LogP contribution in [0.15, 0.2) is 42.5 Å². The molecule has 26 heavy (non-hydrogen) atoms. The maximum atomic E-state index is 12.4. The van der Waals surface area contributed by atoms with Gasteiger partial charge in [-0.2, -0.15) is 0 Å². The Hall–Kier alpha value is -2.10. The van der Waals surface area contributed by atoms with E-state index in [0.717, 1.165) is 45.2 Å². The molecule has 3 unspecified atom stereocenters. The smallest absolute Gasteiger partial charge is 0.310 e. The summed E-state index contributed by atoms with van der Waals surface area (Å²) < 4.78 is 5.35. The predicted octanol–water partition coefficient (Wildman–Crippen LogP) is 3.22. The van der Waals surface area contributed by atoms with Crippen LogP contribution in [-0.2, 0) is 20.7 Å². The second-order valence-corrected chi connectivity index (χ2v) is 8.01. The summed E-state index contributed by atoms with van der Waals surface area (Å²) in [4.78, 5) is 26.5. The van der Waals surface area contributed by atoms with Gasteiger partial charge in [0, 0.05) is 13.1 Å². The molecule has 138 valence electrons. The molecule has 4 nitrogen and oxygen atoms in total. The third-order valence-electron chi connectivity index (χ3n) is 6.25. The van der Waals surface area contributed by atoms with E-state index in [1.807, 2.05) is 11.0 Å². The molecule has 0 radical (unpaired) electrons. The number of hydrogen-bond donors (Lipinski definition) is 0. The summed E-state index contributed by atoms with van der Waals surface area (Å²) >= 11 is 0. The first kappa shape index (κ1) is 17.3. The molecule has 2 bridgehead atoms. The molecule has 2 aliphatic carbocycles. The van der Waals surface area contributed by atoms with E-state index in [0.29, 0.717) is 17.8 Å². The van der Waals surface area contributed by atoms with Crippen molar-refractivity contribution in [2.45, 2.75) is 32.1 Å². The standard InChI is InChI=1S/C22H27NO3/c24-21(15-26-22(25)20-14-18-6-7-19(20)13-18)23-10-8-17(9-11-23)12-16-4-2-1-3-5-16/h1-7,17-20H,8-15H2. The molecule has 4 heteroatoms. The SMILES string of the molecule is O=C(OCC(=O)N1CCC(Cc2ccccc2)CC1)C1CC2C=CC1C2. The van der Waals surface area contributed by atoms with Crippen LogP contribution in [-0.4, -0.2) is 36.5 Å². The van der Waals surface area contributed by atoms with Crippen molar-refractivity contribution in [1.29, 1.82) is 0 Å². The number of carbonyl (C=O) groups is 2. The van der Waals surface area contributed by atoms with Crippen molar-refractivity contribution >= 4 is 11.9 Å². The average Bonchev–Trinajstić information content (AvgIpc) is 3.31. The molecule has 3 aliphatic rings. The van der Waals surface area contributed by atoms with Crippen molar-refractivity contribution in [2.24, 2.45) is 23.7 Å². The summed E-state index contributed by atoms with van der Waals surface area (Å²) in [5.41, 5.74) is 1.37. The second kappa shape index (κ2) is 7.65. The van der Waals surface area contributed by atoms with E-state index in [4.69, 9.17) is 4.74 Å². The number of rotatable bonds is 5. The molecule has 1 aliphatic heterocycles. The van der Waals surface area contributed by atoms with Crippen LogP contribution in [0, 0.1) is 23.7 Å². The molecule has 1 saturated heterocycles. The number of benzene rings is 1. The highest BCUT2D eigenvalue weighted by Crippen LogP contribution is 2.43.